The minimum absolute atomic E-state index is 0.859. The van der Waals surface area contributed by atoms with Crippen LogP contribution in [0, 0.1) is 27.7 Å². The highest BCUT2D eigenvalue weighted by molar-refractivity contribution is 6.14. The number of aryl methyl sites for hydroxylation is 4. The lowest BCUT2D eigenvalue weighted by atomic mass is 10.0. The van der Waals surface area contributed by atoms with Gasteiger partial charge in [-0.15, -0.1) is 0 Å². The van der Waals surface area contributed by atoms with Gasteiger partial charge in [0.25, 0.3) is 0 Å². The molecule has 0 saturated heterocycles. The standard InChI is InChI=1S/C60H42N2O3/c1-35-13-23-53(37(3)25-35)61(45-19-21-49-47-9-5-7-11-55(47)63-59(49)33-45)43-17-15-39-29-51-52-30-40-16-18-44(28-42(40)32-58(52)65-57(51)31-41(39)27-43)62(54-24-14-36(2)26-38(54)4)46-20-22-50-48-10-6-8-12-56(48)64-60(50)34-46/h5-34H,1-4H3. The minimum Gasteiger partial charge on any atom is -0.456 e. The molecule has 10 aromatic carbocycles. The normalized spacial score (nSPS) is 12.0. The van der Waals surface area contributed by atoms with Gasteiger partial charge in [0.1, 0.15) is 33.5 Å². The number of hydrogen-bond acceptors (Lipinski definition) is 5. The lowest BCUT2D eigenvalue weighted by Crippen LogP contribution is -2.11. The third-order valence-electron chi connectivity index (χ3n) is 13.3. The minimum atomic E-state index is 0.859. The summed E-state index contributed by atoms with van der Waals surface area (Å²) in [6, 6.07) is 65.3. The molecule has 3 aromatic heterocycles. The maximum atomic E-state index is 6.77. The number of benzene rings is 10. The van der Waals surface area contributed by atoms with E-state index >= 15 is 0 Å². The van der Waals surface area contributed by atoms with E-state index in [0.29, 0.717) is 0 Å². The molecule has 0 amide bonds. The van der Waals surface area contributed by atoms with Crippen LogP contribution in [-0.4, -0.2) is 0 Å². The van der Waals surface area contributed by atoms with Gasteiger partial charge in [0.15, 0.2) is 0 Å². The third-order valence-corrected chi connectivity index (χ3v) is 13.3. The van der Waals surface area contributed by atoms with Crippen LogP contribution in [0.25, 0.3) is 87.4 Å². The Bertz CT molecular complexity index is 3830. The van der Waals surface area contributed by atoms with Gasteiger partial charge in [-0.2, -0.15) is 0 Å². The average molecular weight is 839 g/mol. The van der Waals surface area contributed by atoms with Gasteiger partial charge in [-0.25, -0.2) is 0 Å². The summed E-state index contributed by atoms with van der Waals surface area (Å²) in [6.07, 6.45) is 0. The van der Waals surface area contributed by atoms with E-state index in [1.807, 2.05) is 24.3 Å². The molecule has 13 rings (SSSR count). The van der Waals surface area contributed by atoms with Crippen molar-refractivity contribution in [2.75, 3.05) is 9.80 Å². The molecule has 0 unspecified atom stereocenters. The Balaban J connectivity index is 0.925. The summed E-state index contributed by atoms with van der Waals surface area (Å²) in [5.41, 5.74) is 16.5. The summed E-state index contributed by atoms with van der Waals surface area (Å²) in [5, 5.41) is 11.2. The summed E-state index contributed by atoms with van der Waals surface area (Å²) < 4.78 is 19.5. The summed E-state index contributed by atoms with van der Waals surface area (Å²) in [4.78, 5) is 4.67. The fourth-order valence-corrected chi connectivity index (χ4v) is 10.2. The van der Waals surface area contributed by atoms with Crippen molar-refractivity contribution in [1.82, 2.24) is 0 Å². The molecule has 0 atom stereocenters. The molecule has 0 spiro atoms. The smallest absolute Gasteiger partial charge is 0.137 e. The molecule has 0 bridgehead atoms. The van der Waals surface area contributed by atoms with Crippen molar-refractivity contribution < 1.29 is 13.3 Å². The molecule has 0 saturated carbocycles. The first kappa shape index (κ1) is 37.3. The van der Waals surface area contributed by atoms with Crippen LogP contribution < -0.4 is 9.80 Å². The van der Waals surface area contributed by atoms with Crippen molar-refractivity contribution in [2.24, 2.45) is 0 Å². The topological polar surface area (TPSA) is 45.9 Å². The van der Waals surface area contributed by atoms with Crippen LogP contribution >= 0.6 is 0 Å². The first-order chi connectivity index (χ1) is 31.8. The van der Waals surface area contributed by atoms with Crippen molar-refractivity contribution in [2.45, 2.75) is 27.7 Å². The molecule has 3 heterocycles. The van der Waals surface area contributed by atoms with Crippen molar-refractivity contribution in [3.05, 3.63) is 204 Å². The van der Waals surface area contributed by atoms with Crippen molar-refractivity contribution in [1.29, 1.82) is 0 Å². The molecule has 65 heavy (non-hydrogen) atoms. The fourth-order valence-electron chi connectivity index (χ4n) is 10.2. The second kappa shape index (κ2) is 14.1. The number of fused-ring (bicyclic) bond motifs is 11. The SMILES string of the molecule is Cc1ccc(N(c2ccc3cc4c(cc3c2)oc2cc3cc(N(c5ccc6c(c5)oc5ccccc56)c5ccc(C)cc5C)ccc3cc24)c2ccc3c(c2)oc2ccccc23)c(C)c1. The Kier molecular flexibility index (Phi) is 8.10. The van der Waals surface area contributed by atoms with Gasteiger partial charge in [-0.05, 0) is 157 Å². The van der Waals surface area contributed by atoms with Gasteiger partial charge in [0, 0.05) is 78.6 Å². The maximum absolute atomic E-state index is 6.77. The number of anilines is 6. The monoisotopic (exact) mass is 838 g/mol. The van der Waals surface area contributed by atoms with Crippen molar-refractivity contribution in [3.63, 3.8) is 0 Å². The molecule has 0 fully saturated rings. The Hall–Kier alpha value is -8.28. The first-order valence-electron chi connectivity index (χ1n) is 22.2. The Morgan fingerprint density at radius 2 is 0.662 bits per heavy atom. The largest absolute Gasteiger partial charge is 0.456 e. The van der Waals surface area contributed by atoms with Crippen LogP contribution in [0.15, 0.2) is 195 Å². The molecule has 5 heteroatoms. The van der Waals surface area contributed by atoms with E-state index in [2.05, 4.69) is 195 Å². The van der Waals surface area contributed by atoms with E-state index in [9.17, 15) is 0 Å². The zero-order valence-electron chi connectivity index (χ0n) is 36.4. The van der Waals surface area contributed by atoms with Crippen LogP contribution in [0.1, 0.15) is 22.3 Å². The van der Waals surface area contributed by atoms with Gasteiger partial charge >= 0.3 is 0 Å². The van der Waals surface area contributed by atoms with Crippen LogP contribution in [0.5, 0.6) is 0 Å². The molecule has 0 aliphatic carbocycles. The van der Waals surface area contributed by atoms with E-state index in [0.717, 1.165) is 121 Å². The van der Waals surface area contributed by atoms with Gasteiger partial charge in [0.2, 0.25) is 0 Å². The van der Waals surface area contributed by atoms with Gasteiger partial charge in [0.05, 0.1) is 0 Å². The van der Waals surface area contributed by atoms with E-state index in [4.69, 9.17) is 13.3 Å². The van der Waals surface area contributed by atoms with Crippen LogP contribution in [0.2, 0.25) is 0 Å². The quantitative estimate of drug-likeness (QED) is 0.167. The summed E-state index contributed by atoms with van der Waals surface area (Å²) in [7, 11) is 0. The van der Waals surface area contributed by atoms with Crippen molar-refractivity contribution >= 4 is 121 Å². The lowest BCUT2D eigenvalue weighted by Gasteiger charge is -2.27. The highest BCUT2D eigenvalue weighted by Gasteiger charge is 2.21. The van der Waals surface area contributed by atoms with E-state index < -0.39 is 0 Å². The van der Waals surface area contributed by atoms with E-state index in [1.54, 1.807) is 0 Å². The van der Waals surface area contributed by atoms with E-state index in [-0.39, 0.29) is 0 Å². The zero-order chi connectivity index (χ0) is 43.5. The second-order valence-corrected chi connectivity index (χ2v) is 17.7. The highest BCUT2D eigenvalue weighted by atomic mass is 16.3. The van der Waals surface area contributed by atoms with Gasteiger partial charge in [-0.1, -0.05) is 83.9 Å². The number of para-hydroxylation sites is 2. The highest BCUT2D eigenvalue weighted by Crippen LogP contribution is 2.44. The lowest BCUT2D eigenvalue weighted by molar-refractivity contribution is 0.668. The summed E-state index contributed by atoms with van der Waals surface area (Å²) >= 11 is 0. The third kappa shape index (κ3) is 6.00. The number of nitrogens with zero attached hydrogens (tertiary/aromatic N) is 2. The van der Waals surface area contributed by atoms with E-state index in [1.165, 1.54) is 22.3 Å². The van der Waals surface area contributed by atoms with Crippen LogP contribution in [-0.2, 0) is 0 Å². The second-order valence-electron chi connectivity index (χ2n) is 17.7. The predicted octanol–water partition coefficient (Wildman–Crippen LogP) is 17.9. The molecular weight excluding hydrogens is 797 g/mol. The number of furan rings is 3. The molecule has 0 N–H and O–H groups in total. The average Bonchev–Trinajstić information content (AvgIpc) is 3.99. The summed E-state index contributed by atoms with van der Waals surface area (Å²) in [5.74, 6) is 0. The Morgan fingerprint density at radius 3 is 1.12 bits per heavy atom. The molecule has 310 valence electrons. The number of hydrogen-bond donors (Lipinski definition) is 0. The van der Waals surface area contributed by atoms with Crippen LogP contribution in [0.4, 0.5) is 34.1 Å². The van der Waals surface area contributed by atoms with Crippen molar-refractivity contribution in [3.8, 4) is 0 Å². The van der Waals surface area contributed by atoms with Crippen LogP contribution in [0.3, 0.4) is 0 Å². The Labute approximate surface area is 374 Å². The maximum Gasteiger partial charge on any atom is 0.137 e. The molecule has 5 nitrogen and oxygen atoms in total. The molecule has 0 aliphatic rings. The number of rotatable bonds is 6. The molecular formula is C60H42N2O3. The zero-order valence-corrected chi connectivity index (χ0v) is 36.4. The molecule has 13 aromatic rings. The first-order valence-corrected chi connectivity index (χ1v) is 22.2. The molecule has 0 aliphatic heterocycles. The predicted molar refractivity (Wildman–Crippen MR) is 272 cm³/mol. The Morgan fingerprint density at radius 1 is 0.277 bits per heavy atom. The van der Waals surface area contributed by atoms with Gasteiger partial charge in [-0.3, -0.25) is 0 Å². The fraction of sp³-hybridized carbons (Fsp3) is 0.0667. The van der Waals surface area contributed by atoms with Gasteiger partial charge < -0.3 is 23.1 Å². The summed E-state index contributed by atoms with van der Waals surface area (Å²) in [6.45, 7) is 8.65. The molecule has 0 radical (unpaired) electrons.